The number of hydrogen-bond acceptors (Lipinski definition) is 3. The molecule has 0 amide bonds. The van der Waals surface area contributed by atoms with E-state index < -0.39 is 5.97 Å². The van der Waals surface area contributed by atoms with Gasteiger partial charge in [0.2, 0.25) is 5.76 Å². The van der Waals surface area contributed by atoms with E-state index in [1.54, 1.807) is 24.3 Å². The Morgan fingerprint density at radius 2 is 1.88 bits per heavy atom. The standard InChI is InChI=1S/C10H6O4.C2H6/c11-7-5-9(10(12)13)14-8-4-2-1-3-6(7)8;1-2/h1-5H,(H,12,13);1-2H3. The van der Waals surface area contributed by atoms with Crippen molar-refractivity contribution >= 4 is 16.9 Å². The molecule has 0 atom stereocenters. The summed E-state index contributed by atoms with van der Waals surface area (Å²) in [5, 5.41) is 9.02. The first-order valence-electron chi connectivity index (χ1n) is 4.94. The molecule has 1 aromatic carbocycles. The minimum atomic E-state index is -1.24. The molecule has 84 valence electrons. The van der Waals surface area contributed by atoms with Crippen LogP contribution in [-0.4, -0.2) is 11.1 Å². The van der Waals surface area contributed by atoms with Gasteiger partial charge in [-0.05, 0) is 12.1 Å². The molecule has 0 fully saturated rings. The average Bonchev–Trinajstić information content (AvgIpc) is 2.31. The van der Waals surface area contributed by atoms with Crippen molar-refractivity contribution in [3.8, 4) is 0 Å². The normalized spacial score (nSPS) is 9.38. The second-order valence-corrected chi connectivity index (χ2v) is 2.78. The smallest absolute Gasteiger partial charge is 0.371 e. The van der Waals surface area contributed by atoms with E-state index in [9.17, 15) is 9.59 Å². The summed E-state index contributed by atoms with van der Waals surface area (Å²) in [7, 11) is 0. The van der Waals surface area contributed by atoms with Gasteiger partial charge in [-0.3, -0.25) is 4.79 Å². The molecule has 0 bridgehead atoms. The van der Waals surface area contributed by atoms with E-state index in [1.807, 2.05) is 13.8 Å². The van der Waals surface area contributed by atoms with Crippen LogP contribution in [0.1, 0.15) is 24.4 Å². The van der Waals surface area contributed by atoms with E-state index >= 15 is 0 Å². The number of fused-ring (bicyclic) bond motifs is 1. The Bertz CT molecular complexity index is 554. The van der Waals surface area contributed by atoms with E-state index in [0.717, 1.165) is 6.07 Å². The first-order chi connectivity index (χ1) is 7.68. The van der Waals surface area contributed by atoms with Crippen molar-refractivity contribution < 1.29 is 14.3 Å². The Morgan fingerprint density at radius 3 is 2.50 bits per heavy atom. The Morgan fingerprint density at radius 1 is 1.25 bits per heavy atom. The molecule has 0 aliphatic heterocycles. The number of rotatable bonds is 1. The summed E-state index contributed by atoms with van der Waals surface area (Å²) < 4.78 is 5.00. The Balaban J connectivity index is 0.000000606. The largest absolute Gasteiger partial charge is 0.475 e. The molecule has 0 saturated heterocycles. The van der Waals surface area contributed by atoms with Crippen LogP contribution in [0.25, 0.3) is 11.0 Å². The van der Waals surface area contributed by atoms with Gasteiger partial charge in [-0.15, -0.1) is 0 Å². The zero-order valence-corrected chi connectivity index (χ0v) is 9.06. The summed E-state index contributed by atoms with van der Waals surface area (Å²) in [6.45, 7) is 4.00. The molecule has 0 unspecified atom stereocenters. The highest BCUT2D eigenvalue weighted by Gasteiger charge is 2.09. The van der Waals surface area contributed by atoms with Crippen LogP contribution in [0, 0.1) is 0 Å². The average molecular weight is 220 g/mol. The van der Waals surface area contributed by atoms with Crippen LogP contribution in [0.2, 0.25) is 0 Å². The summed E-state index contributed by atoms with van der Waals surface area (Å²) in [5.41, 5.74) is -0.0540. The van der Waals surface area contributed by atoms with E-state index in [4.69, 9.17) is 9.52 Å². The number of para-hydroxylation sites is 1. The fourth-order valence-corrected chi connectivity index (χ4v) is 1.21. The minimum absolute atomic E-state index is 0.289. The van der Waals surface area contributed by atoms with Crippen molar-refractivity contribution in [3.63, 3.8) is 0 Å². The zero-order chi connectivity index (χ0) is 12.1. The molecule has 0 aliphatic carbocycles. The molecule has 0 aliphatic rings. The fourth-order valence-electron chi connectivity index (χ4n) is 1.21. The van der Waals surface area contributed by atoms with Crippen LogP contribution in [-0.2, 0) is 0 Å². The quantitative estimate of drug-likeness (QED) is 0.801. The molecule has 2 aromatic rings. The third-order valence-electron chi connectivity index (χ3n) is 1.85. The van der Waals surface area contributed by atoms with E-state index in [-0.39, 0.29) is 16.8 Å². The number of hydrogen-bond donors (Lipinski definition) is 1. The Labute approximate surface area is 92.1 Å². The number of carbonyl (C=O) groups is 1. The topological polar surface area (TPSA) is 67.5 Å². The van der Waals surface area contributed by atoms with Gasteiger partial charge in [0, 0.05) is 6.07 Å². The van der Waals surface area contributed by atoms with Crippen molar-refractivity contribution in [2.24, 2.45) is 0 Å². The van der Waals surface area contributed by atoms with E-state index in [1.165, 1.54) is 0 Å². The predicted molar refractivity (Wildman–Crippen MR) is 60.8 cm³/mol. The van der Waals surface area contributed by atoms with Crippen LogP contribution in [0.3, 0.4) is 0 Å². The van der Waals surface area contributed by atoms with Crippen LogP contribution < -0.4 is 5.43 Å². The molecule has 1 aromatic heterocycles. The number of carboxylic acid groups (broad SMARTS) is 1. The first-order valence-corrected chi connectivity index (χ1v) is 4.94. The van der Waals surface area contributed by atoms with Crippen molar-refractivity contribution in [1.29, 1.82) is 0 Å². The summed E-state index contributed by atoms with van der Waals surface area (Å²) in [6.07, 6.45) is 0. The van der Waals surface area contributed by atoms with Gasteiger partial charge in [-0.1, -0.05) is 26.0 Å². The lowest BCUT2D eigenvalue weighted by atomic mass is 10.2. The third kappa shape index (κ3) is 2.28. The number of carboxylic acids is 1. The highest BCUT2D eigenvalue weighted by molar-refractivity contribution is 5.87. The monoisotopic (exact) mass is 220 g/mol. The Kier molecular flexibility index (Phi) is 3.83. The molecule has 0 spiro atoms. The summed E-state index contributed by atoms with van der Waals surface area (Å²) in [6, 6.07) is 7.50. The van der Waals surface area contributed by atoms with Gasteiger partial charge >= 0.3 is 5.97 Å². The van der Waals surface area contributed by atoms with E-state index in [0.29, 0.717) is 5.39 Å². The van der Waals surface area contributed by atoms with Crippen molar-refractivity contribution in [3.05, 3.63) is 46.3 Å². The molecule has 16 heavy (non-hydrogen) atoms. The second kappa shape index (κ2) is 5.11. The van der Waals surface area contributed by atoms with Crippen LogP contribution in [0.15, 0.2) is 39.5 Å². The van der Waals surface area contributed by atoms with Crippen LogP contribution in [0.5, 0.6) is 0 Å². The summed E-state index contributed by atoms with van der Waals surface area (Å²) in [5.74, 6) is -1.58. The van der Waals surface area contributed by atoms with Crippen LogP contribution >= 0.6 is 0 Å². The fraction of sp³-hybridized carbons (Fsp3) is 0.167. The minimum Gasteiger partial charge on any atom is -0.475 e. The summed E-state index contributed by atoms with van der Waals surface area (Å²) >= 11 is 0. The number of benzene rings is 1. The number of aromatic carboxylic acids is 1. The Hall–Kier alpha value is -2.10. The maximum absolute atomic E-state index is 11.4. The van der Waals surface area contributed by atoms with Gasteiger partial charge in [0.1, 0.15) is 5.58 Å². The maximum Gasteiger partial charge on any atom is 0.371 e. The third-order valence-corrected chi connectivity index (χ3v) is 1.85. The highest BCUT2D eigenvalue weighted by atomic mass is 16.4. The molecule has 0 radical (unpaired) electrons. The molecule has 0 saturated carbocycles. The molecule has 2 rings (SSSR count). The molecule has 1 heterocycles. The van der Waals surface area contributed by atoms with Gasteiger partial charge in [0.05, 0.1) is 5.39 Å². The lowest BCUT2D eigenvalue weighted by Crippen LogP contribution is -2.05. The lowest BCUT2D eigenvalue weighted by Gasteiger charge is -1.97. The van der Waals surface area contributed by atoms with Crippen molar-refractivity contribution in [2.45, 2.75) is 13.8 Å². The van der Waals surface area contributed by atoms with Gasteiger partial charge in [-0.2, -0.15) is 0 Å². The van der Waals surface area contributed by atoms with Gasteiger partial charge in [0.25, 0.3) is 0 Å². The van der Waals surface area contributed by atoms with E-state index in [2.05, 4.69) is 0 Å². The summed E-state index contributed by atoms with van der Waals surface area (Å²) in [4.78, 5) is 21.9. The molecular weight excluding hydrogens is 208 g/mol. The molecule has 4 nitrogen and oxygen atoms in total. The SMILES string of the molecule is CC.O=C(O)c1cc(=O)c2ccccc2o1. The van der Waals surface area contributed by atoms with Gasteiger partial charge in [-0.25, -0.2) is 4.79 Å². The van der Waals surface area contributed by atoms with Gasteiger partial charge in [0.15, 0.2) is 5.43 Å². The van der Waals surface area contributed by atoms with Crippen molar-refractivity contribution in [2.75, 3.05) is 0 Å². The lowest BCUT2D eigenvalue weighted by molar-refractivity contribution is 0.0663. The molecule has 1 N–H and O–H groups in total. The zero-order valence-electron chi connectivity index (χ0n) is 9.06. The van der Waals surface area contributed by atoms with Crippen LogP contribution in [0.4, 0.5) is 0 Å². The molecular formula is C12H12O4. The van der Waals surface area contributed by atoms with Gasteiger partial charge < -0.3 is 9.52 Å². The first kappa shape index (κ1) is 12.0. The maximum atomic E-state index is 11.4. The van der Waals surface area contributed by atoms with Crippen molar-refractivity contribution in [1.82, 2.24) is 0 Å². The predicted octanol–water partition coefficient (Wildman–Crippen LogP) is 2.52. The second-order valence-electron chi connectivity index (χ2n) is 2.78. The molecule has 4 heteroatoms. The highest BCUT2D eigenvalue weighted by Crippen LogP contribution is 2.11.